The summed E-state index contributed by atoms with van der Waals surface area (Å²) in [6.07, 6.45) is 0. The molecule has 0 bridgehead atoms. The van der Waals surface area contributed by atoms with Gasteiger partial charge in [0.05, 0.1) is 7.11 Å². The van der Waals surface area contributed by atoms with Gasteiger partial charge in [0.1, 0.15) is 5.75 Å². The second-order valence-corrected chi connectivity index (χ2v) is 3.73. The molecule has 20 heavy (non-hydrogen) atoms. The maximum Gasteiger partial charge on any atom is 0.344 e. The average Bonchev–Trinajstić information content (AvgIpc) is 2.43. The first kappa shape index (κ1) is 15.5. The molecular weight excluding hydrogens is 266 g/mol. The molecule has 1 N–H and O–H groups in total. The van der Waals surface area contributed by atoms with E-state index < -0.39 is 18.5 Å². The largest absolute Gasteiger partial charge is 0.482 e. The van der Waals surface area contributed by atoms with Gasteiger partial charge in [0.15, 0.2) is 13.2 Å². The molecule has 0 aromatic heterocycles. The predicted molar refractivity (Wildman–Crippen MR) is 69.2 cm³/mol. The van der Waals surface area contributed by atoms with Crippen LogP contribution in [-0.4, -0.2) is 38.2 Å². The van der Waals surface area contributed by atoms with Crippen LogP contribution < -0.4 is 10.1 Å². The first-order chi connectivity index (χ1) is 9.51. The Hall–Kier alpha value is -2.57. The number of hydrogen-bond acceptors (Lipinski definition) is 6. The lowest BCUT2D eigenvalue weighted by atomic mass is 10.3. The van der Waals surface area contributed by atoms with Crippen LogP contribution in [0.15, 0.2) is 24.3 Å². The van der Waals surface area contributed by atoms with E-state index in [-0.39, 0.29) is 12.5 Å². The van der Waals surface area contributed by atoms with Crippen molar-refractivity contribution in [2.24, 2.45) is 0 Å². The molecule has 7 nitrogen and oxygen atoms in total. The maximum absolute atomic E-state index is 11.2. The minimum atomic E-state index is -0.679. The van der Waals surface area contributed by atoms with Crippen molar-refractivity contribution in [3.8, 4) is 5.75 Å². The fraction of sp³-hybridized carbons (Fsp3) is 0.308. The monoisotopic (exact) mass is 281 g/mol. The molecule has 0 unspecified atom stereocenters. The maximum atomic E-state index is 11.2. The normalized spacial score (nSPS) is 9.50. The Kier molecular flexibility index (Phi) is 6.02. The van der Waals surface area contributed by atoms with E-state index in [0.717, 1.165) is 0 Å². The van der Waals surface area contributed by atoms with E-state index in [9.17, 15) is 14.4 Å². The van der Waals surface area contributed by atoms with Gasteiger partial charge in [-0.15, -0.1) is 0 Å². The molecule has 108 valence electrons. The van der Waals surface area contributed by atoms with Gasteiger partial charge in [0.25, 0.3) is 0 Å². The van der Waals surface area contributed by atoms with Crippen LogP contribution in [0.4, 0.5) is 5.69 Å². The van der Waals surface area contributed by atoms with Gasteiger partial charge in [0, 0.05) is 12.6 Å². The number of carbonyl (C=O) groups is 3. The number of benzene rings is 1. The minimum Gasteiger partial charge on any atom is -0.482 e. The van der Waals surface area contributed by atoms with E-state index in [1.54, 1.807) is 24.3 Å². The van der Waals surface area contributed by atoms with Crippen LogP contribution in [0.5, 0.6) is 5.75 Å². The summed E-state index contributed by atoms with van der Waals surface area (Å²) in [5.41, 5.74) is 0.623. The molecule has 0 aliphatic heterocycles. The van der Waals surface area contributed by atoms with Crippen LogP contribution in [-0.2, 0) is 23.9 Å². The Bertz CT molecular complexity index is 482. The minimum absolute atomic E-state index is 0.176. The Morgan fingerprint density at radius 2 is 1.70 bits per heavy atom. The molecule has 1 aromatic carbocycles. The van der Waals surface area contributed by atoms with Gasteiger partial charge in [-0.05, 0) is 24.3 Å². The van der Waals surface area contributed by atoms with Crippen molar-refractivity contribution in [2.45, 2.75) is 6.92 Å². The topological polar surface area (TPSA) is 90.9 Å². The number of amides is 1. The molecule has 0 fully saturated rings. The lowest BCUT2D eigenvalue weighted by Gasteiger charge is -2.07. The van der Waals surface area contributed by atoms with Gasteiger partial charge in [-0.1, -0.05) is 0 Å². The second-order valence-electron chi connectivity index (χ2n) is 3.73. The highest BCUT2D eigenvalue weighted by Gasteiger charge is 2.08. The van der Waals surface area contributed by atoms with E-state index in [1.807, 2.05) is 0 Å². The number of carbonyl (C=O) groups excluding carboxylic acids is 3. The van der Waals surface area contributed by atoms with Gasteiger partial charge >= 0.3 is 11.9 Å². The molecule has 7 heteroatoms. The summed E-state index contributed by atoms with van der Waals surface area (Å²) in [7, 11) is 1.20. The summed E-state index contributed by atoms with van der Waals surface area (Å²) >= 11 is 0. The number of rotatable bonds is 6. The zero-order valence-corrected chi connectivity index (χ0v) is 11.2. The Morgan fingerprint density at radius 3 is 2.25 bits per heavy atom. The molecule has 0 heterocycles. The SMILES string of the molecule is COC(=O)COC(=O)COc1ccc(NC(C)=O)cc1. The molecule has 0 aliphatic rings. The fourth-order valence-electron chi connectivity index (χ4n) is 1.22. The first-order valence-corrected chi connectivity index (χ1v) is 5.74. The van der Waals surface area contributed by atoms with Crippen LogP contribution in [0.2, 0.25) is 0 Å². The van der Waals surface area contributed by atoms with Crippen molar-refractivity contribution in [2.75, 3.05) is 25.6 Å². The Labute approximate surface area is 115 Å². The van der Waals surface area contributed by atoms with Gasteiger partial charge < -0.3 is 19.5 Å². The number of ether oxygens (including phenoxy) is 3. The van der Waals surface area contributed by atoms with Crippen LogP contribution in [0, 0.1) is 0 Å². The van der Waals surface area contributed by atoms with Crippen LogP contribution >= 0.6 is 0 Å². The zero-order valence-electron chi connectivity index (χ0n) is 11.2. The molecule has 1 aromatic rings. The van der Waals surface area contributed by atoms with Crippen molar-refractivity contribution in [1.82, 2.24) is 0 Å². The van der Waals surface area contributed by atoms with Gasteiger partial charge in [-0.25, -0.2) is 9.59 Å². The lowest BCUT2D eigenvalue weighted by Crippen LogP contribution is -2.20. The average molecular weight is 281 g/mol. The van der Waals surface area contributed by atoms with Gasteiger partial charge in [0.2, 0.25) is 5.91 Å². The van der Waals surface area contributed by atoms with Crippen molar-refractivity contribution in [3.05, 3.63) is 24.3 Å². The molecule has 1 rings (SSSR count). The highest BCUT2D eigenvalue weighted by molar-refractivity contribution is 5.88. The summed E-state index contributed by atoms with van der Waals surface area (Å²) in [5, 5.41) is 2.60. The van der Waals surface area contributed by atoms with E-state index in [0.29, 0.717) is 11.4 Å². The predicted octanol–water partition coefficient (Wildman–Crippen LogP) is 0.740. The number of nitrogens with one attached hydrogen (secondary N) is 1. The van der Waals surface area contributed by atoms with E-state index in [2.05, 4.69) is 14.8 Å². The third-order valence-corrected chi connectivity index (χ3v) is 2.11. The van der Waals surface area contributed by atoms with E-state index >= 15 is 0 Å². The quantitative estimate of drug-likeness (QED) is 0.773. The van der Waals surface area contributed by atoms with Gasteiger partial charge in [-0.2, -0.15) is 0 Å². The van der Waals surface area contributed by atoms with E-state index in [4.69, 9.17) is 4.74 Å². The number of methoxy groups -OCH3 is 1. The van der Waals surface area contributed by atoms with Crippen molar-refractivity contribution >= 4 is 23.5 Å². The fourth-order valence-corrected chi connectivity index (χ4v) is 1.22. The van der Waals surface area contributed by atoms with E-state index in [1.165, 1.54) is 14.0 Å². The van der Waals surface area contributed by atoms with Crippen LogP contribution in [0.25, 0.3) is 0 Å². The van der Waals surface area contributed by atoms with Crippen LogP contribution in [0.3, 0.4) is 0 Å². The van der Waals surface area contributed by atoms with Crippen molar-refractivity contribution in [3.63, 3.8) is 0 Å². The standard InChI is InChI=1S/C13H15NO6/c1-9(15)14-10-3-5-11(6-4-10)19-8-13(17)20-7-12(16)18-2/h3-6H,7-8H2,1-2H3,(H,14,15). The number of hydrogen-bond donors (Lipinski definition) is 1. The molecule has 0 saturated heterocycles. The lowest BCUT2D eigenvalue weighted by molar-refractivity contribution is -0.158. The van der Waals surface area contributed by atoms with Crippen molar-refractivity contribution < 1.29 is 28.6 Å². The second kappa shape index (κ2) is 7.78. The smallest absolute Gasteiger partial charge is 0.344 e. The summed E-state index contributed by atoms with van der Waals surface area (Å²) in [4.78, 5) is 32.8. The summed E-state index contributed by atoms with van der Waals surface area (Å²) in [5.74, 6) is -1.06. The number of anilines is 1. The first-order valence-electron chi connectivity index (χ1n) is 5.74. The number of esters is 2. The third kappa shape index (κ3) is 5.85. The molecule has 0 spiro atoms. The van der Waals surface area contributed by atoms with Crippen molar-refractivity contribution in [1.29, 1.82) is 0 Å². The van der Waals surface area contributed by atoms with Gasteiger partial charge in [-0.3, -0.25) is 4.79 Å². The highest BCUT2D eigenvalue weighted by atomic mass is 16.6. The molecule has 0 aliphatic carbocycles. The Balaban J connectivity index is 2.36. The summed E-state index contributed by atoms with van der Waals surface area (Å²) in [6, 6.07) is 6.46. The molecule has 1 amide bonds. The molecule has 0 radical (unpaired) electrons. The molecular formula is C13H15NO6. The zero-order chi connectivity index (χ0) is 15.0. The summed E-state index contributed by atoms with van der Waals surface area (Å²) in [6.45, 7) is 0.637. The molecule has 0 atom stereocenters. The summed E-state index contributed by atoms with van der Waals surface area (Å²) < 4.78 is 14.1. The van der Waals surface area contributed by atoms with Crippen LogP contribution in [0.1, 0.15) is 6.92 Å². The Morgan fingerprint density at radius 1 is 1.05 bits per heavy atom. The third-order valence-electron chi connectivity index (χ3n) is 2.11. The molecule has 0 saturated carbocycles. The highest BCUT2D eigenvalue weighted by Crippen LogP contribution is 2.15.